The van der Waals surface area contributed by atoms with E-state index in [-0.39, 0.29) is 18.3 Å². The zero-order chi connectivity index (χ0) is 14.7. The van der Waals surface area contributed by atoms with Crippen molar-refractivity contribution in [2.75, 3.05) is 11.9 Å². The van der Waals surface area contributed by atoms with Gasteiger partial charge in [-0.1, -0.05) is 26.0 Å². The molecule has 0 amide bonds. The van der Waals surface area contributed by atoms with Crippen LogP contribution >= 0.6 is 0 Å². The first-order valence-electron chi connectivity index (χ1n) is 6.49. The number of rotatable bonds is 4. The maximum absolute atomic E-state index is 13.8. The summed E-state index contributed by atoms with van der Waals surface area (Å²) in [6.07, 6.45) is 1.63. The summed E-state index contributed by atoms with van der Waals surface area (Å²) in [5.41, 5.74) is 1.51. The number of aliphatic hydroxyl groups excluding tert-OH is 1. The Labute approximate surface area is 117 Å². The normalized spacial score (nSPS) is 10.9. The Morgan fingerprint density at radius 2 is 1.95 bits per heavy atom. The summed E-state index contributed by atoms with van der Waals surface area (Å²) < 4.78 is 13.8. The third-order valence-corrected chi connectivity index (χ3v) is 3.11. The first-order valence-corrected chi connectivity index (χ1v) is 6.49. The minimum Gasteiger partial charge on any atom is -0.390 e. The van der Waals surface area contributed by atoms with Gasteiger partial charge in [0.25, 0.3) is 0 Å². The topological polar surface area (TPSA) is 49.2 Å². The van der Waals surface area contributed by atoms with Crippen LogP contribution in [0.3, 0.4) is 0 Å². The Balaban J connectivity index is 2.44. The molecule has 0 aliphatic heterocycles. The second kappa shape index (κ2) is 5.96. The van der Waals surface area contributed by atoms with Crippen LogP contribution in [0.4, 0.5) is 15.8 Å². The summed E-state index contributed by atoms with van der Waals surface area (Å²) in [6.45, 7) is 3.75. The van der Waals surface area contributed by atoms with E-state index >= 15 is 0 Å². The minimum atomic E-state index is -0.327. The Bertz CT molecular complexity index is 601. The number of para-hydroxylation sites is 1. The lowest BCUT2D eigenvalue weighted by molar-refractivity contribution is 0.276. The zero-order valence-corrected chi connectivity index (χ0v) is 11.8. The van der Waals surface area contributed by atoms with Crippen LogP contribution in [0.15, 0.2) is 30.5 Å². The van der Waals surface area contributed by atoms with Gasteiger partial charge in [0.2, 0.25) is 0 Å². The molecule has 5 heteroatoms. The molecule has 1 aromatic carbocycles. The number of anilines is 2. The van der Waals surface area contributed by atoms with Gasteiger partial charge in [0.15, 0.2) is 0 Å². The molecular formula is C15H18FN3O. The van der Waals surface area contributed by atoms with Gasteiger partial charge < -0.3 is 10.0 Å². The SMILES string of the molecule is CC(C)c1ncc(N(C)c2ccccc2F)c(CO)n1. The Kier molecular flexibility index (Phi) is 4.29. The van der Waals surface area contributed by atoms with Gasteiger partial charge in [0, 0.05) is 13.0 Å². The van der Waals surface area contributed by atoms with Gasteiger partial charge in [-0.25, -0.2) is 14.4 Å². The summed E-state index contributed by atoms with van der Waals surface area (Å²) in [5, 5.41) is 9.48. The lowest BCUT2D eigenvalue weighted by Gasteiger charge is -2.22. The van der Waals surface area contributed by atoms with Crippen molar-refractivity contribution < 1.29 is 9.50 Å². The van der Waals surface area contributed by atoms with Gasteiger partial charge in [-0.15, -0.1) is 0 Å². The van der Waals surface area contributed by atoms with Crippen molar-refractivity contribution in [1.82, 2.24) is 9.97 Å². The number of hydrogen-bond donors (Lipinski definition) is 1. The van der Waals surface area contributed by atoms with E-state index < -0.39 is 0 Å². The predicted molar refractivity (Wildman–Crippen MR) is 76.5 cm³/mol. The van der Waals surface area contributed by atoms with E-state index in [1.54, 1.807) is 36.3 Å². The summed E-state index contributed by atoms with van der Waals surface area (Å²) in [5.74, 6) is 0.514. The van der Waals surface area contributed by atoms with E-state index in [0.717, 1.165) is 0 Å². The molecule has 4 nitrogen and oxygen atoms in total. The molecule has 2 aromatic rings. The van der Waals surface area contributed by atoms with Crippen LogP contribution in [0.1, 0.15) is 31.3 Å². The molecule has 20 heavy (non-hydrogen) atoms. The highest BCUT2D eigenvalue weighted by Crippen LogP contribution is 2.28. The van der Waals surface area contributed by atoms with Crippen LogP contribution < -0.4 is 4.90 Å². The summed E-state index contributed by atoms with van der Waals surface area (Å²) in [6, 6.07) is 6.47. The van der Waals surface area contributed by atoms with E-state index in [1.165, 1.54) is 6.07 Å². The van der Waals surface area contributed by atoms with E-state index in [4.69, 9.17) is 0 Å². The highest BCUT2D eigenvalue weighted by Gasteiger charge is 2.15. The van der Waals surface area contributed by atoms with Gasteiger partial charge in [-0.3, -0.25) is 0 Å². The molecule has 0 saturated carbocycles. The zero-order valence-electron chi connectivity index (χ0n) is 11.8. The van der Waals surface area contributed by atoms with Crippen molar-refractivity contribution in [2.45, 2.75) is 26.4 Å². The minimum absolute atomic E-state index is 0.174. The van der Waals surface area contributed by atoms with Crippen molar-refractivity contribution >= 4 is 11.4 Å². The van der Waals surface area contributed by atoms with Gasteiger partial charge in [0.1, 0.15) is 11.6 Å². The van der Waals surface area contributed by atoms with E-state index in [2.05, 4.69) is 9.97 Å². The lowest BCUT2D eigenvalue weighted by Crippen LogP contribution is -2.16. The third kappa shape index (κ3) is 2.77. The molecule has 106 valence electrons. The average molecular weight is 275 g/mol. The molecular weight excluding hydrogens is 257 g/mol. The molecule has 0 saturated heterocycles. The molecule has 0 radical (unpaired) electrons. The van der Waals surface area contributed by atoms with E-state index in [0.29, 0.717) is 22.9 Å². The molecule has 1 heterocycles. The number of halogens is 1. The molecule has 0 unspecified atom stereocenters. The maximum atomic E-state index is 13.8. The molecule has 2 rings (SSSR count). The largest absolute Gasteiger partial charge is 0.390 e. The molecule has 1 N–H and O–H groups in total. The highest BCUT2D eigenvalue weighted by atomic mass is 19.1. The summed E-state index contributed by atoms with van der Waals surface area (Å²) in [4.78, 5) is 10.3. The average Bonchev–Trinajstić information content (AvgIpc) is 2.46. The number of aliphatic hydroxyl groups is 1. The van der Waals surface area contributed by atoms with Crippen LogP contribution in [0, 0.1) is 5.82 Å². The molecule has 0 aliphatic carbocycles. The van der Waals surface area contributed by atoms with Crippen LogP contribution in [-0.4, -0.2) is 22.1 Å². The van der Waals surface area contributed by atoms with Crippen LogP contribution in [0.5, 0.6) is 0 Å². The standard InChI is InChI=1S/C15H18FN3O/c1-10(2)15-17-8-14(12(9-20)18-15)19(3)13-7-5-4-6-11(13)16/h4-8,10,20H,9H2,1-3H3. The lowest BCUT2D eigenvalue weighted by atomic mass is 10.2. The van der Waals surface area contributed by atoms with E-state index in [1.807, 2.05) is 13.8 Å². The number of hydrogen-bond acceptors (Lipinski definition) is 4. The van der Waals surface area contributed by atoms with Crippen molar-refractivity contribution in [2.24, 2.45) is 0 Å². The maximum Gasteiger partial charge on any atom is 0.146 e. The van der Waals surface area contributed by atoms with Gasteiger partial charge >= 0.3 is 0 Å². The first-order chi connectivity index (χ1) is 9.54. The summed E-state index contributed by atoms with van der Waals surface area (Å²) >= 11 is 0. The molecule has 0 bridgehead atoms. The van der Waals surface area contributed by atoms with Crippen molar-refractivity contribution in [3.05, 3.63) is 47.8 Å². The molecule has 0 fully saturated rings. The Morgan fingerprint density at radius 3 is 2.55 bits per heavy atom. The molecule has 1 aromatic heterocycles. The van der Waals surface area contributed by atoms with Gasteiger partial charge in [-0.2, -0.15) is 0 Å². The number of aromatic nitrogens is 2. The molecule has 0 aliphatic rings. The van der Waals surface area contributed by atoms with Crippen LogP contribution in [0.2, 0.25) is 0 Å². The van der Waals surface area contributed by atoms with Crippen molar-refractivity contribution in [1.29, 1.82) is 0 Å². The highest BCUT2D eigenvalue weighted by molar-refractivity contribution is 5.64. The number of nitrogens with zero attached hydrogens (tertiary/aromatic N) is 3. The van der Waals surface area contributed by atoms with Crippen LogP contribution in [0.25, 0.3) is 0 Å². The second-order valence-electron chi connectivity index (χ2n) is 4.88. The second-order valence-corrected chi connectivity index (χ2v) is 4.88. The molecule has 0 spiro atoms. The quantitative estimate of drug-likeness (QED) is 0.932. The fourth-order valence-electron chi connectivity index (χ4n) is 1.95. The predicted octanol–water partition coefficient (Wildman–Crippen LogP) is 3.00. The van der Waals surface area contributed by atoms with Crippen molar-refractivity contribution in [3.8, 4) is 0 Å². The fraction of sp³-hybridized carbons (Fsp3) is 0.333. The van der Waals surface area contributed by atoms with Crippen LogP contribution in [-0.2, 0) is 6.61 Å². The monoisotopic (exact) mass is 275 g/mol. The van der Waals surface area contributed by atoms with Crippen molar-refractivity contribution in [3.63, 3.8) is 0 Å². The Hall–Kier alpha value is -2.01. The smallest absolute Gasteiger partial charge is 0.146 e. The Morgan fingerprint density at radius 1 is 1.25 bits per heavy atom. The number of benzene rings is 1. The van der Waals surface area contributed by atoms with Gasteiger partial charge in [-0.05, 0) is 12.1 Å². The third-order valence-electron chi connectivity index (χ3n) is 3.11. The molecule has 0 atom stereocenters. The summed E-state index contributed by atoms with van der Waals surface area (Å²) in [7, 11) is 1.73. The first kappa shape index (κ1) is 14.4. The fourth-order valence-corrected chi connectivity index (χ4v) is 1.95. The van der Waals surface area contributed by atoms with Gasteiger partial charge in [0.05, 0.1) is 29.9 Å². The van der Waals surface area contributed by atoms with E-state index in [9.17, 15) is 9.50 Å².